The van der Waals surface area contributed by atoms with Gasteiger partial charge in [-0.2, -0.15) is 0 Å². The predicted molar refractivity (Wildman–Crippen MR) is 85.2 cm³/mol. The van der Waals surface area contributed by atoms with Crippen LogP contribution < -0.4 is 4.74 Å². The highest BCUT2D eigenvalue weighted by Crippen LogP contribution is 2.35. The Morgan fingerprint density at radius 2 is 2.00 bits per heavy atom. The molecular formula is C17H25BrO. The Hall–Kier alpha value is -0.500. The zero-order valence-electron chi connectivity index (χ0n) is 12.1. The summed E-state index contributed by atoms with van der Waals surface area (Å²) in [5, 5.41) is 0. The third-order valence-corrected chi connectivity index (χ3v) is 5.32. The fourth-order valence-electron chi connectivity index (χ4n) is 3.12. The molecule has 0 N–H and O–H groups in total. The number of halogens is 1. The van der Waals surface area contributed by atoms with Crippen LogP contribution in [0.4, 0.5) is 0 Å². The summed E-state index contributed by atoms with van der Waals surface area (Å²) >= 11 is 3.85. The lowest BCUT2D eigenvalue weighted by Gasteiger charge is -2.22. The summed E-state index contributed by atoms with van der Waals surface area (Å²) in [5.74, 6) is 1.95. The lowest BCUT2D eigenvalue weighted by Crippen LogP contribution is -2.07. The van der Waals surface area contributed by atoms with Crippen LogP contribution in [0.5, 0.6) is 5.75 Å². The minimum atomic E-state index is 0.485. The lowest BCUT2D eigenvalue weighted by atomic mass is 9.85. The van der Waals surface area contributed by atoms with Gasteiger partial charge in [0.05, 0.1) is 7.11 Å². The van der Waals surface area contributed by atoms with E-state index in [9.17, 15) is 0 Å². The van der Waals surface area contributed by atoms with Crippen molar-refractivity contribution < 1.29 is 4.74 Å². The van der Waals surface area contributed by atoms with Crippen molar-refractivity contribution >= 4 is 15.9 Å². The number of rotatable bonds is 5. The molecule has 106 valence electrons. The van der Waals surface area contributed by atoms with Gasteiger partial charge in [-0.05, 0) is 42.9 Å². The quantitative estimate of drug-likeness (QED) is 0.622. The van der Waals surface area contributed by atoms with Gasteiger partial charge in [0.2, 0.25) is 0 Å². The van der Waals surface area contributed by atoms with Crippen molar-refractivity contribution in [2.45, 2.75) is 56.7 Å². The summed E-state index contributed by atoms with van der Waals surface area (Å²) < 4.78 is 5.32. The molecule has 1 aliphatic carbocycles. The number of methoxy groups -OCH3 is 1. The summed E-state index contributed by atoms with van der Waals surface area (Å²) in [6.45, 7) is 2.11. The minimum Gasteiger partial charge on any atom is -0.496 e. The van der Waals surface area contributed by atoms with Crippen molar-refractivity contribution in [1.29, 1.82) is 0 Å². The highest BCUT2D eigenvalue weighted by atomic mass is 79.9. The van der Waals surface area contributed by atoms with Crippen LogP contribution >= 0.6 is 15.9 Å². The first-order valence-corrected chi connectivity index (χ1v) is 8.41. The first-order chi connectivity index (χ1) is 9.20. The number of hydrogen-bond acceptors (Lipinski definition) is 1. The molecule has 2 rings (SSSR count). The molecule has 1 saturated carbocycles. The summed E-state index contributed by atoms with van der Waals surface area (Å²) in [5.41, 5.74) is 2.61. The van der Waals surface area contributed by atoms with Gasteiger partial charge in [-0.25, -0.2) is 0 Å². The largest absolute Gasteiger partial charge is 0.496 e. The van der Waals surface area contributed by atoms with Gasteiger partial charge in [0.25, 0.3) is 0 Å². The molecule has 0 radical (unpaired) electrons. The highest BCUT2D eigenvalue weighted by molar-refractivity contribution is 9.09. The van der Waals surface area contributed by atoms with Crippen LogP contribution in [-0.4, -0.2) is 7.11 Å². The third kappa shape index (κ3) is 4.24. The van der Waals surface area contributed by atoms with E-state index in [1.54, 1.807) is 7.11 Å². The van der Waals surface area contributed by atoms with Gasteiger partial charge < -0.3 is 4.74 Å². The zero-order chi connectivity index (χ0) is 13.7. The summed E-state index contributed by atoms with van der Waals surface area (Å²) in [6.07, 6.45) is 9.84. The molecule has 1 unspecified atom stereocenters. The van der Waals surface area contributed by atoms with Gasteiger partial charge in [-0.15, -0.1) is 0 Å². The maximum absolute atomic E-state index is 5.32. The number of aryl methyl sites for hydroxylation is 1. The van der Waals surface area contributed by atoms with E-state index in [0.29, 0.717) is 4.83 Å². The van der Waals surface area contributed by atoms with E-state index in [0.717, 1.165) is 11.7 Å². The lowest BCUT2D eigenvalue weighted by molar-refractivity contribution is 0.332. The number of hydrogen-bond donors (Lipinski definition) is 0. The standard InChI is InChI=1S/C17H25BrO/c1-13-12-15(9-11-17(13)19-2)16(18)10-8-14-6-4-3-5-7-14/h9,11-12,14,16H,3-8,10H2,1-2H3. The van der Waals surface area contributed by atoms with Gasteiger partial charge >= 0.3 is 0 Å². The first kappa shape index (κ1) is 14.9. The van der Waals surface area contributed by atoms with E-state index in [2.05, 4.69) is 41.1 Å². The van der Waals surface area contributed by atoms with E-state index in [1.807, 2.05) is 0 Å². The maximum atomic E-state index is 5.32. The Bertz CT molecular complexity index is 396. The van der Waals surface area contributed by atoms with E-state index in [4.69, 9.17) is 4.74 Å². The molecule has 1 aliphatic rings. The second-order valence-electron chi connectivity index (χ2n) is 5.78. The van der Waals surface area contributed by atoms with Crippen molar-refractivity contribution in [2.75, 3.05) is 7.11 Å². The van der Waals surface area contributed by atoms with E-state index in [-0.39, 0.29) is 0 Å². The van der Waals surface area contributed by atoms with Crippen LogP contribution in [0.1, 0.15) is 60.9 Å². The molecule has 2 heteroatoms. The summed E-state index contributed by atoms with van der Waals surface area (Å²) in [6, 6.07) is 6.52. The molecule has 0 saturated heterocycles. The van der Waals surface area contributed by atoms with Crippen molar-refractivity contribution in [3.8, 4) is 5.75 Å². The Balaban J connectivity index is 1.88. The summed E-state index contributed by atoms with van der Waals surface area (Å²) in [7, 11) is 1.73. The van der Waals surface area contributed by atoms with Crippen molar-refractivity contribution in [3.63, 3.8) is 0 Å². The Kier molecular flexibility index (Phi) is 5.75. The number of benzene rings is 1. The van der Waals surface area contributed by atoms with E-state index < -0.39 is 0 Å². The second kappa shape index (κ2) is 7.33. The Morgan fingerprint density at radius 1 is 1.26 bits per heavy atom. The van der Waals surface area contributed by atoms with Crippen molar-refractivity contribution in [1.82, 2.24) is 0 Å². The molecule has 0 aromatic heterocycles. The molecule has 19 heavy (non-hydrogen) atoms. The van der Waals surface area contributed by atoms with E-state index >= 15 is 0 Å². The predicted octanol–water partition coefficient (Wildman–Crippen LogP) is 5.80. The molecule has 0 aliphatic heterocycles. The van der Waals surface area contributed by atoms with Gasteiger partial charge in [0.15, 0.2) is 0 Å². The van der Waals surface area contributed by atoms with E-state index in [1.165, 1.54) is 56.1 Å². The average molecular weight is 325 g/mol. The van der Waals surface area contributed by atoms with Gasteiger partial charge in [-0.3, -0.25) is 0 Å². The van der Waals surface area contributed by atoms with Crippen LogP contribution in [0, 0.1) is 12.8 Å². The molecule has 0 bridgehead atoms. The number of ether oxygens (including phenoxy) is 1. The monoisotopic (exact) mass is 324 g/mol. The highest BCUT2D eigenvalue weighted by Gasteiger charge is 2.16. The van der Waals surface area contributed by atoms with Crippen LogP contribution in [0.25, 0.3) is 0 Å². The fourth-order valence-corrected chi connectivity index (χ4v) is 3.67. The zero-order valence-corrected chi connectivity index (χ0v) is 13.7. The van der Waals surface area contributed by atoms with Crippen LogP contribution in [0.15, 0.2) is 18.2 Å². The molecule has 1 atom stereocenters. The second-order valence-corrected chi connectivity index (χ2v) is 6.88. The van der Waals surface area contributed by atoms with Crippen molar-refractivity contribution in [2.24, 2.45) is 5.92 Å². The molecular weight excluding hydrogens is 300 g/mol. The van der Waals surface area contributed by atoms with Crippen LogP contribution in [0.2, 0.25) is 0 Å². The van der Waals surface area contributed by atoms with Gasteiger partial charge in [0, 0.05) is 4.83 Å². The molecule has 1 aromatic rings. The Morgan fingerprint density at radius 3 is 2.63 bits per heavy atom. The smallest absolute Gasteiger partial charge is 0.121 e. The SMILES string of the molecule is COc1ccc(C(Br)CCC2CCCCC2)cc1C. The normalized spacial score (nSPS) is 18.3. The third-order valence-electron chi connectivity index (χ3n) is 4.33. The Labute approximate surface area is 125 Å². The number of alkyl halides is 1. The topological polar surface area (TPSA) is 9.23 Å². The molecule has 0 heterocycles. The molecule has 0 spiro atoms. The summed E-state index contributed by atoms with van der Waals surface area (Å²) in [4.78, 5) is 0.485. The van der Waals surface area contributed by atoms with Gasteiger partial charge in [-0.1, -0.05) is 60.2 Å². The molecule has 1 aromatic carbocycles. The molecule has 0 amide bonds. The average Bonchev–Trinajstić information content (AvgIpc) is 2.45. The van der Waals surface area contributed by atoms with Crippen LogP contribution in [-0.2, 0) is 0 Å². The molecule has 1 fully saturated rings. The maximum Gasteiger partial charge on any atom is 0.121 e. The first-order valence-electron chi connectivity index (χ1n) is 7.49. The van der Waals surface area contributed by atoms with Crippen LogP contribution in [0.3, 0.4) is 0 Å². The van der Waals surface area contributed by atoms with Crippen molar-refractivity contribution in [3.05, 3.63) is 29.3 Å². The fraction of sp³-hybridized carbons (Fsp3) is 0.647. The minimum absolute atomic E-state index is 0.485. The molecule has 1 nitrogen and oxygen atoms in total. The van der Waals surface area contributed by atoms with Gasteiger partial charge in [0.1, 0.15) is 5.75 Å².